The van der Waals surface area contributed by atoms with Crippen molar-refractivity contribution in [2.24, 2.45) is 5.73 Å². The Bertz CT molecular complexity index is 1190. The Labute approximate surface area is 179 Å². The Morgan fingerprint density at radius 3 is 2.55 bits per heavy atom. The van der Waals surface area contributed by atoms with Crippen LogP contribution < -0.4 is 15.8 Å². The summed E-state index contributed by atoms with van der Waals surface area (Å²) in [6.45, 7) is 4.11. The molecule has 0 fully saturated rings. The van der Waals surface area contributed by atoms with Crippen LogP contribution in [0.15, 0.2) is 73.2 Å². The molecule has 8 nitrogen and oxygen atoms in total. The molecule has 3 N–H and O–H groups in total. The highest BCUT2D eigenvalue weighted by atomic mass is 16.5. The van der Waals surface area contributed by atoms with Crippen molar-refractivity contribution in [3.63, 3.8) is 0 Å². The molecule has 0 spiro atoms. The average molecular weight is 414 g/mol. The molecular formula is C23H22N6O2. The number of ether oxygens (including phenoxy) is 1. The normalized spacial score (nSPS) is 10.8. The highest BCUT2D eigenvalue weighted by Crippen LogP contribution is 2.33. The smallest absolute Gasteiger partial charge is 0.248 e. The second-order valence-electron chi connectivity index (χ2n) is 7.18. The summed E-state index contributed by atoms with van der Waals surface area (Å²) in [6, 6.07) is 16.3. The number of aromatic nitrogens is 4. The van der Waals surface area contributed by atoms with E-state index in [-0.39, 0.29) is 6.04 Å². The van der Waals surface area contributed by atoms with E-state index in [4.69, 9.17) is 10.5 Å². The van der Waals surface area contributed by atoms with E-state index in [1.165, 1.54) is 0 Å². The standard InChI is InChI=1S/C23H22N6O2/c1-15(2)29-14-20(22(28-29)19-5-3-4-11-25-19)31-18-10-12-26-21(13-18)27-17-8-6-16(7-9-17)23(24)30/h3-15H,1-2H3,(H2,24,30)(H,26,27). The van der Waals surface area contributed by atoms with E-state index in [9.17, 15) is 4.79 Å². The topological polar surface area (TPSA) is 108 Å². The second-order valence-corrected chi connectivity index (χ2v) is 7.18. The van der Waals surface area contributed by atoms with Crippen LogP contribution >= 0.6 is 0 Å². The number of anilines is 2. The molecule has 156 valence electrons. The molecule has 0 radical (unpaired) electrons. The number of carbonyl (C=O) groups is 1. The molecule has 4 rings (SSSR count). The Kier molecular flexibility index (Phi) is 5.61. The highest BCUT2D eigenvalue weighted by Gasteiger charge is 2.16. The third-order valence-corrected chi connectivity index (χ3v) is 4.54. The van der Waals surface area contributed by atoms with Crippen LogP contribution in [0, 0.1) is 0 Å². The molecule has 0 bridgehead atoms. The molecule has 0 aliphatic rings. The molecule has 0 saturated carbocycles. The van der Waals surface area contributed by atoms with Crippen LogP contribution in [0.25, 0.3) is 11.4 Å². The first-order chi connectivity index (χ1) is 15.0. The van der Waals surface area contributed by atoms with E-state index in [2.05, 4.69) is 34.2 Å². The van der Waals surface area contributed by atoms with Crippen LogP contribution in [0.1, 0.15) is 30.2 Å². The summed E-state index contributed by atoms with van der Waals surface area (Å²) in [5.41, 5.74) is 7.91. The van der Waals surface area contributed by atoms with Crippen molar-refractivity contribution in [1.82, 2.24) is 19.7 Å². The van der Waals surface area contributed by atoms with Gasteiger partial charge in [0.2, 0.25) is 5.91 Å². The van der Waals surface area contributed by atoms with Crippen molar-refractivity contribution in [2.45, 2.75) is 19.9 Å². The number of carbonyl (C=O) groups excluding carboxylic acids is 1. The number of amides is 1. The van der Waals surface area contributed by atoms with Crippen LogP contribution in [0.5, 0.6) is 11.5 Å². The first-order valence-corrected chi connectivity index (χ1v) is 9.81. The minimum atomic E-state index is -0.467. The first-order valence-electron chi connectivity index (χ1n) is 9.81. The van der Waals surface area contributed by atoms with Crippen molar-refractivity contribution in [3.8, 4) is 22.9 Å². The van der Waals surface area contributed by atoms with Gasteiger partial charge in [0, 0.05) is 35.8 Å². The van der Waals surface area contributed by atoms with Gasteiger partial charge in [-0.2, -0.15) is 5.10 Å². The van der Waals surface area contributed by atoms with Gasteiger partial charge in [0.15, 0.2) is 11.4 Å². The van der Waals surface area contributed by atoms with Gasteiger partial charge >= 0.3 is 0 Å². The predicted molar refractivity (Wildman–Crippen MR) is 118 cm³/mol. The number of hydrogen-bond acceptors (Lipinski definition) is 6. The third kappa shape index (κ3) is 4.69. The van der Waals surface area contributed by atoms with Gasteiger partial charge in [-0.15, -0.1) is 0 Å². The zero-order valence-electron chi connectivity index (χ0n) is 17.2. The largest absolute Gasteiger partial charge is 0.453 e. The van der Waals surface area contributed by atoms with Gasteiger partial charge in [0.25, 0.3) is 0 Å². The van der Waals surface area contributed by atoms with E-state index in [1.807, 2.05) is 29.1 Å². The first kappa shape index (κ1) is 20.1. The fourth-order valence-corrected chi connectivity index (χ4v) is 2.93. The fourth-order valence-electron chi connectivity index (χ4n) is 2.93. The lowest BCUT2D eigenvalue weighted by molar-refractivity contribution is 0.100. The Morgan fingerprint density at radius 2 is 1.87 bits per heavy atom. The lowest BCUT2D eigenvalue weighted by Gasteiger charge is -2.09. The highest BCUT2D eigenvalue weighted by molar-refractivity contribution is 5.93. The van der Waals surface area contributed by atoms with E-state index in [0.717, 1.165) is 11.4 Å². The van der Waals surface area contributed by atoms with Crippen LogP contribution in [0.4, 0.5) is 11.5 Å². The summed E-state index contributed by atoms with van der Waals surface area (Å²) in [7, 11) is 0. The number of nitrogens with one attached hydrogen (secondary N) is 1. The number of benzene rings is 1. The Morgan fingerprint density at radius 1 is 1.06 bits per heavy atom. The maximum absolute atomic E-state index is 11.2. The van der Waals surface area contributed by atoms with Crippen LogP contribution in [0.3, 0.4) is 0 Å². The van der Waals surface area contributed by atoms with Crippen molar-refractivity contribution in [1.29, 1.82) is 0 Å². The molecule has 3 heterocycles. The molecule has 0 atom stereocenters. The lowest BCUT2D eigenvalue weighted by atomic mass is 10.2. The Balaban J connectivity index is 1.58. The monoisotopic (exact) mass is 414 g/mol. The van der Waals surface area contributed by atoms with Gasteiger partial charge in [0.05, 0.1) is 11.9 Å². The van der Waals surface area contributed by atoms with Crippen molar-refractivity contribution in [3.05, 3.63) is 78.8 Å². The zero-order valence-corrected chi connectivity index (χ0v) is 17.2. The number of nitrogens with two attached hydrogens (primary N) is 1. The molecule has 0 unspecified atom stereocenters. The number of primary amides is 1. The number of hydrogen-bond donors (Lipinski definition) is 2. The van der Waals surface area contributed by atoms with Gasteiger partial charge in [-0.1, -0.05) is 6.07 Å². The van der Waals surface area contributed by atoms with Crippen LogP contribution in [-0.4, -0.2) is 25.7 Å². The molecule has 3 aromatic heterocycles. The van der Waals surface area contributed by atoms with Crippen LogP contribution in [-0.2, 0) is 0 Å². The van der Waals surface area contributed by atoms with Crippen molar-refractivity contribution in [2.75, 3.05) is 5.32 Å². The molecule has 0 saturated heterocycles. The van der Waals surface area contributed by atoms with Gasteiger partial charge in [0.1, 0.15) is 11.6 Å². The van der Waals surface area contributed by atoms with E-state index >= 15 is 0 Å². The average Bonchev–Trinajstić information content (AvgIpc) is 3.19. The summed E-state index contributed by atoms with van der Waals surface area (Å²) in [6.07, 6.45) is 5.25. The van der Waals surface area contributed by atoms with Gasteiger partial charge in [-0.25, -0.2) is 4.98 Å². The van der Waals surface area contributed by atoms with Gasteiger partial charge in [-0.3, -0.25) is 14.5 Å². The quantitative estimate of drug-likeness (QED) is 0.459. The zero-order chi connectivity index (χ0) is 21.8. The second kappa shape index (κ2) is 8.66. The number of rotatable bonds is 7. The molecular weight excluding hydrogens is 392 g/mol. The van der Waals surface area contributed by atoms with Crippen molar-refractivity contribution >= 4 is 17.4 Å². The van der Waals surface area contributed by atoms with Crippen LogP contribution in [0.2, 0.25) is 0 Å². The minimum Gasteiger partial charge on any atom is -0.453 e. The maximum atomic E-state index is 11.2. The van der Waals surface area contributed by atoms with Gasteiger partial charge < -0.3 is 15.8 Å². The van der Waals surface area contributed by atoms with Gasteiger partial charge in [-0.05, 0) is 56.3 Å². The molecule has 1 amide bonds. The molecule has 8 heteroatoms. The molecule has 31 heavy (non-hydrogen) atoms. The summed E-state index contributed by atoms with van der Waals surface area (Å²) in [4.78, 5) is 20.0. The Hall–Kier alpha value is -4.20. The third-order valence-electron chi connectivity index (χ3n) is 4.54. The molecule has 0 aliphatic carbocycles. The summed E-state index contributed by atoms with van der Waals surface area (Å²) < 4.78 is 8.01. The predicted octanol–water partition coefficient (Wildman–Crippen LogP) is 4.56. The molecule has 0 aliphatic heterocycles. The molecule has 4 aromatic rings. The lowest BCUT2D eigenvalue weighted by Crippen LogP contribution is -2.10. The summed E-state index contributed by atoms with van der Waals surface area (Å²) >= 11 is 0. The summed E-state index contributed by atoms with van der Waals surface area (Å²) in [5, 5.41) is 7.84. The van der Waals surface area contributed by atoms with E-state index in [1.54, 1.807) is 48.8 Å². The fraction of sp³-hybridized carbons (Fsp3) is 0.130. The number of nitrogens with zero attached hydrogens (tertiary/aromatic N) is 4. The summed E-state index contributed by atoms with van der Waals surface area (Å²) in [5.74, 6) is 1.34. The van der Waals surface area contributed by atoms with E-state index in [0.29, 0.717) is 28.6 Å². The SMILES string of the molecule is CC(C)n1cc(Oc2ccnc(Nc3ccc(C(N)=O)cc3)c2)c(-c2ccccn2)n1. The number of pyridine rings is 2. The maximum Gasteiger partial charge on any atom is 0.248 e. The minimum absolute atomic E-state index is 0.179. The molecule has 1 aromatic carbocycles. The van der Waals surface area contributed by atoms with E-state index < -0.39 is 5.91 Å². The van der Waals surface area contributed by atoms with Crippen molar-refractivity contribution < 1.29 is 9.53 Å².